The molecule has 2 aromatic heterocycles. The molecule has 2 heterocycles. The highest BCUT2D eigenvalue weighted by Crippen LogP contribution is 2.31. The van der Waals surface area contributed by atoms with Crippen molar-refractivity contribution < 1.29 is 13.9 Å². The van der Waals surface area contributed by atoms with Crippen LogP contribution in [-0.4, -0.2) is 21.1 Å². The summed E-state index contributed by atoms with van der Waals surface area (Å²) in [7, 11) is 0. The van der Waals surface area contributed by atoms with Gasteiger partial charge in [-0.1, -0.05) is 18.3 Å². The van der Waals surface area contributed by atoms with Crippen LogP contribution in [-0.2, 0) is 6.42 Å². The average molecular weight is 423 g/mol. The molecular weight excluding hydrogens is 411 g/mol. The van der Waals surface area contributed by atoms with Crippen molar-refractivity contribution in [3.05, 3.63) is 57.4 Å². The number of anilines is 1. The zero-order valence-electron chi connectivity index (χ0n) is 13.0. The van der Waals surface area contributed by atoms with E-state index in [1.807, 2.05) is 6.92 Å². The summed E-state index contributed by atoms with van der Waals surface area (Å²) >= 11 is 4.53. The summed E-state index contributed by atoms with van der Waals surface area (Å²) in [5, 5.41) is 11.8. The highest BCUT2D eigenvalue weighted by Gasteiger charge is 2.17. The van der Waals surface area contributed by atoms with Crippen LogP contribution >= 0.6 is 27.3 Å². The molecule has 3 rings (SSSR count). The largest absolute Gasteiger partial charge is 0.437 e. The Labute approximate surface area is 155 Å². The summed E-state index contributed by atoms with van der Waals surface area (Å²) in [6, 6.07) is 7.19. The number of halogens is 2. The van der Waals surface area contributed by atoms with Gasteiger partial charge in [-0.3, -0.25) is 10.1 Å². The van der Waals surface area contributed by atoms with Crippen LogP contribution < -0.4 is 10.1 Å². The molecule has 3 aromatic rings. The first kappa shape index (κ1) is 17.4. The summed E-state index contributed by atoms with van der Waals surface area (Å²) in [5.74, 6) is -0.368. The fraction of sp³-hybridized carbons (Fsp3) is 0.125. The molecule has 0 aliphatic carbocycles. The van der Waals surface area contributed by atoms with Crippen molar-refractivity contribution >= 4 is 38.3 Å². The van der Waals surface area contributed by atoms with Crippen molar-refractivity contribution in [3.63, 3.8) is 0 Å². The first-order chi connectivity index (χ1) is 12.1. The smallest absolute Gasteiger partial charge is 0.262 e. The molecule has 0 unspecified atom stereocenters. The molecule has 1 aromatic carbocycles. The van der Waals surface area contributed by atoms with E-state index >= 15 is 0 Å². The van der Waals surface area contributed by atoms with Gasteiger partial charge in [-0.05, 0) is 52.7 Å². The summed E-state index contributed by atoms with van der Waals surface area (Å²) in [4.78, 5) is 16.6. The maximum atomic E-state index is 13.2. The van der Waals surface area contributed by atoms with E-state index in [4.69, 9.17) is 4.74 Å². The van der Waals surface area contributed by atoms with Crippen LogP contribution in [0.4, 0.5) is 9.52 Å². The van der Waals surface area contributed by atoms with Crippen LogP contribution in [0.25, 0.3) is 0 Å². The number of hydrogen-bond acceptors (Lipinski definition) is 6. The number of benzene rings is 1. The Morgan fingerprint density at radius 1 is 1.36 bits per heavy atom. The maximum Gasteiger partial charge on any atom is 0.262 e. The van der Waals surface area contributed by atoms with Crippen molar-refractivity contribution in [3.8, 4) is 11.6 Å². The topological polar surface area (TPSA) is 77.0 Å². The highest BCUT2D eigenvalue weighted by molar-refractivity contribution is 9.10. The Kier molecular flexibility index (Phi) is 5.34. The Balaban J connectivity index is 1.83. The van der Waals surface area contributed by atoms with Gasteiger partial charge in [-0.15, -0.1) is 10.2 Å². The van der Waals surface area contributed by atoms with Crippen molar-refractivity contribution in [2.75, 3.05) is 5.32 Å². The van der Waals surface area contributed by atoms with Gasteiger partial charge in [0.15, 0.2) is 0 Å². The van der Waals surface area contributed by atoms with Crippen LogP contribution in [0.15, 0.2) is 41.0 Å². The lowest BCUT2D eigenvalue weighted by molar-refractivity contribution is 0.102. The van der Waals surface area contributed by atoms with Crippen LogP contribution in [0.5, 0.6) is 11.6 Å². The Hall–Kier alpha value is -2.39. The van der Waals surface area contributed by atoms with E-state index in [0.717, 1.165) is 11.4 Å². The van der Waals surface area contributed by atoms with Gasteiger partial charge >= 0.3 is 0 Å². The molecule has 1 amide bonds. The number of hydrogen-bond donors (Lipinski definition) is 1. The Morgan fingerprint density at radius 3 is 2.92 bits per heavy atom. The zero-order valence-corrected chi connectivity index (χ0v) is 15.4. The standard InChI is InChI=1S/C16H12BrFN4O2S/c1-2-13-21-22-16(25-13)20-14(23)10-4-3-7-19-15(10)24-12-6-5-9(18)8-11(12)17/h3-8H,2H2,1H3,(H,20,22,23). The first-order valence-electron chi connectivity index (χ1n) is 7.28. The maximum absolute atomic E-state index is 13.2. The van der Waals surface area contributed by atoms with E-state index in [-0.39, 0.29) is 11.4 Å². The lowest BCUT2D eigenvalue weighted by Gasteiger charge is -2.10. The third-order valence-electron chi connectivity index (χ3n) is 3.11. The van der Waals surface area contributed by atoms with Gasteiger partial charge in [0.05, 0.1) is 4.47 Å². The minimum Gasteiger partial charge on any atom is -0.437 e. The molecule has 6 nitrogen and oxygen atoms in total. The quantitative estimate of drug-likeness (QED) is 0.657. The SMILES string of the molecule is CCc1nnc(NC(=O)c2cccnc2Oc2ccc(F)cc2Br)s1. The lowest BCUT2D eigenvalue weighted by Crippen LogP contribution is -2.13. The molecule has 0 bridgehead atoms. The predicted molar refractivity (Wildman–Crippen MR) is 95.7 cm³/mol. The monoisotopic (exact) mass is 422 g/mol. The second-order valence-electron chi connectivity index (χ2n) is 4.84. The molecule has 0 aliphatic heterocycles. The molecule has 1 N–H and O–H groups in total. The number of carbonyl (C=O) groups excluding carboxylic acids is 1. The third kappa shape index (κ3) is 4.18. The number of aromatic nitrogens is 3. The molecular formula is C16H12BrFN4O2S. The number of rotatable bonds is 5. The highest BCUT2D eigenvalue weighted by atomic mass is 79.9. The molecule has 9 heteroatoms. The third-order valence-corrected chi connectivity index (χ3v) is 4.71. The minimum absolute atomic E-state index is 0.104. The summed E-state index contributed by atoms with van der Waals surface area (Å²) in [6.07, 6.45) is 2.25. The second-order valence-corrected chi connectivity index (χ2v) is 6.76. The van der Waals surface area contributed by atoms with Gasteiger partial charge in [0, 0.05) is 6.20 Å². The number of nitrogens with zero attached hydrogens (tertiary/aromatic N) is 3. The van der Waals surface area contributed by atoms with Gasteiger partial charge in [0.1, 0.15) is 22.1 Å². The fourth-order valence-electron chi connectivity index (χ4n) is 1.92. The average Bonchev–Trinajstić information content (AvgIpc) is 3.05. The van der Waals surface area contributed by atoms with Crippen molar-refractivity contribution in [2.24, 2.45) is 0 Å². The molecule has 0 saturated carbocycles. The molecule has 0 atom stereocenters. The normalized spacial score (nSPS) is 10.5. The molecule has 25 heavy (non-hydrogen) atoms. The minimum atomic E-state index is -0.417. The van der Waals surface area contributed by atoms with E-state index in [1.165, 1.54) is 35.7 Å². The number of nitrogens with one attached hydrogen (secondary N) is 1. The Morgan fingerprint density at radius 2 is 2.20 bits per heavy atom. The predicted octanol–water partition coefficient (Wildman–Crippen LogP) is 4.44. The van der Waals surface area contributed by atoms with Crippen LogP contribution in [0.1, 0.15) is 22.3 Å². The number of pyridine rings is 1. The summed E-state index contributed by atoms with van der Waals surface area (Å²) in [5.41, 5.74) is 0.229. The number of carbonyl (C=O) groups is 1. The van der Waals surface area contributed by atoms with Gasteiger partial charge < -0.3 is 4.74 Å². The second kappa shape index (κ2) is 7.66. The molecule has 0 saturated heterocycles. The summed E-state index contributed by atoms with van der Waals surface area (Å²) in [6.45, 7) is 1.96. The number of aryl methyl sites for hydroxylation is 1. The van der Waals surface area contributed by atoms with Gasteiger partial charge in [0.2, 0.25) is 11.0 Å². The van der Waals surface area contributed by atoms with Crippen molar-refractivity contribution in [2.45, 2.75) is 13.3 Å². The molecule has 0 radical (unpaired) electrons. The molecule has 128 valence electrons. The molecule has 0 aliphatic rings. The molecule has 0 spiro atoms. The molecule has 0 fully saturated rings. The summed E-state index contributed by atoms with van der Waals surface area (Å²) < 4.78 is 19.3. The van der Waals surface area contributed by atoms with Crippen molar-refractivity contribution in [1.29, 1.82) is 0 Å². The first-order valence-corrected chi connectivity index (χ1v) is 8.89. The van der Waals surface area contributed by atoms with Gasteiger partial charge in [-0.25, -0.2) is 9.37 Å². The van der Waals surface area contributed by atoms with Crippen LogP contribution in [0.2, 0.25) is 0 Å². The van der Waals surface area contributed by atoms with Crippen LogP contribution in [0.3, 0.4) is 0 Å². The van der Waals surface area contributed by atoms with E-state index in [2.05, 4.69) is 36.4 Å². The van der Waals surface area contributed by atoms with E-state index < -0.39 is 11.7 Å². The lowest BCUT2D eigenvalue weighted by atomic mass is 10.2. The van der Waals surface area contributed by atoms with E-state index in [9.17, 15) is 9.18 Å². The van der Waals surface area contributed by atoms with Crippen LogP contribution in [0, 0.1) is 5.82 Å². The Bertz CT molecular complexity index is 919. The van der Waals surface area contributed by atoms with E-state index in [1.54, 1.807) is 12.1 Å². The van der Waals surface area contributed by atoms with Gasteiger partial charge in [0.25, 0.3) is 5.91 Å². The van der Waals surface area contributed by atoms with Gasteiger partial charge in [-0.2, -0.15) is 0 Å². The number of ether oxygens (including phenoxy) is 1. The zero-order chi connectivity index (χ0) is 17.8. The number of amides is 1. The fourth-order valence-corrected chi connectivity index (χ4v) is 3.02. The van der Waals surface area contributed by atoms with Crippen molar-refractivity contribution in [1.82, 2.24) is 15.2 Å². The van der Waals surface area contributed by atoms with E-state index in [0.29, 0.717) is 15.4 Å².